The number of likely N-dealkylation sites (N-methyl/N-ethyl adjacent to an activating group) is 1. The molecule has 0 saturated heterocycles. The van der Waals surface area contributed by atoms with Crippen molar-refractivity contribution in [3.8, 4) is 11.5 Å². The molecule has 0 unspecified atom stereocenters. The summed E-state index contributed by atoms with van der Waals surface area (Å²) >= 11 is 0. The number of ether oxygens (including phenoxy) is 2. The van der Waals surface area contributed by atoms with Crippen LogP contribution >= 0.6 is 0 Å². The predicted molar refractivity (Wildman–Crippen MR) is 161 cm³/mol. The molecule has 1 aromatic carbocycles. The fourth-order valence-electron chi connectivity index (χ4n) is 5.36. The molecule has 4 amide bonds. The standard InChI is InChI=1S/C30H39N9O6/c1-18(2)26-27-32-19(3)34-39(27)13-14-45-24-15-20(7-8-23(24)44-5)28(41)31-9-6-10-37(17-25(40)33-26)29(42)21-16-22-30(43)36(4)11-12-38(22)35-21/h7-8,15-16,18,26H,6,9-14,17H2,1-5H3,(H,31,41)(H,33,40)/t26-/m0/s1. The van der Waals surface area contributed by atoms with Gasteiger partial charge in [0.1, 0.15) is 23.9 Å². The highest BCUT2D eigenvalue weighted by atomic mass is 16.5. The van der Waals surface area contributed by atoms with E-state index >= 15 is 0 Å². The molecule has 15 heteroatoms. The number of hydrogen-bond donors (Lipinski definition) is 2. The highest BCUT2D eigenvalue weighted by Gasteiger charge is 2.30. The zero-order valence-corrected chi connectivity index (χ0v) is 26.2. The average molecular weight is 622 g/mol. The normalized spacial score (nSPS) is 18.3. The third kappa shape index (κ3) is 6.91. The van der Waals surface area contributed by atoms with Crippen LogP contribution in [0.5, 0.6) is 11.5 Å². The van der Waals surface area contributed by atoms with Crippen LogP contribution in [0.4, 0.5) is 0 Å². The molecule has 45 heavy (non-hydrogen) atoms. The van der Waals surface area contributed by atoms with Gasteiger partial charge in [-0.3, -0.25) is 23.9 Å². The Morgan fingerprint density at radius 2 is 1.87 bits per heavy atom. The lowest BCUT2D eigenvalue weighted by Gasteiger charge is -2.26. The van der Waals surface area contributed by atoms with Gasteiger partial charge in [0.25, 0.3) is 17.7 Å². The molecule has 2 aromatic heterocycles. The number of carbonyl (C=O) groups excluding carboxylic acids is 4. The highest BCUT2D eigenvalue weighted by Crippen LogP contribution is 2.28. The van der Waals surface area contributed by atoms with Crippen LogP contribution in [-0.4, -0.2) is 105 Å². The van der Waals surface area contributed by atoms with Gasteiger partial charge in [0.05, 0.1) is 32.8 Å². The molecule has 15 nitrogen and oxygen atoms in total. The summed E-state index contributed by atoms with van der Waals surface area (Å²) < 4.78 is 14.7. The van der Waals surface area contributed by atoms with E-state index in [1.54, 1.807) is 41.8 Å². The minimum atomic E-state index is -0.500. The fourth-order valence-corrected chi connectivity index (χ4v) is 5.36. The van der Waals surface area contributed by atoms with Crippen LogP contribution in [0, 0.1) is 12.8 Å². The second-order valence-electron chi connectivity index (χ2n) is 11.4. The Hall–Kier alpha value is -4.95. The molecule has 3 aromatic rings. The number of benzene rings is 1. The maximum absolute atomic E-state index is 13.7. The van der Waals surface area contributed by atoms with Gasteiger partial charge in [0.2, 0.25) is 5.91 Å². The quantitative estimate of drug-likeness (QED) is 0.435. The monoisotopic (exact) mass is 621 g/mol. The van der Waals surface area contributed by atoms with Crippen LogP contribution in [0.15, 0.2) is 24.3 Å². The van der Waals surface area contributed by atoms with Gasteiger partial charge in [0.15, 0.2) is 17.2 Å². The number of nitrogens with zero attached hydrogens (tertiary/aromatic N) is 7. The van der Waals surface area contributed by atoms with Gasteiger partial charge >= 0.3 is 0 Å². The summed E-state index contributed by atoms with van der Waals surface area (Å²) in [5, 5.41) is 14.8. The molecular weight excluding hydrogens is 582 g/mol. The minimum absolute atomic E-state index is 0.0539. The van der Waals surface area contributed by atoms with E-state index < -0.39 is 17.9 Å². The van der Waals surface area contributed by atoms with Crippen molar-refractivity contribution in [3.63, 3.8) is 0 Å². The van der Waals surface area contributed by atoms with Crippen molar-refractivity contribution in [1.29, 1.82) is 0 Å². The lowest BCUT2D eigenvalue weighted by Crippen LogP contribution is -2.44. The highest BCUT2D eigenvalue weighted by molar-refractivity contribution is 5.99. The smallest absolute Gasteiger partial charge is 0.274 e. The van der Waals surface area contributed by atoms with Crippen LogP contribution in [0.1, 0.15) is 69.3 Å². The zero-order valence-electron chi connectivity index (χ0n) is 26.2. The molecule has 0 saturated carbocycles. The average Bonchev–Trinajstić information content (AvgIpc) is 3.62. The molecule has 2 aliphatic heterocycles. The minimum Gasteiger partial charge on any atom is -0.493 e. The number of rotatable bonds is 3. The van der Waals surface area contributed by atoms with E-state index in [4.69, 9.17) is 9.47 Å². The number of carbonyl (C=O) groups is 4. The molecule has 2 bridgehead atoms. The number of fused-ring (bicyclic) bond motifs is 4. The topological polar surface area (TPSA) is 166 Å². The fraction of sp³-hybridized carbons (Fsp3) is 0.500. The van der Waals surface area contributed by atoms with E-state index in [0.717, 1.165) is 0 Å². The molecule has 5 rings (SSSR count). The van der Waals surface area contributed by atoms with E-state index in [1.807, 2.05) is 13.8 Å². The lowest BCUT2D eigenvalue weighted by molar-refractivity contribution is -0.123. The maximum atomic E-state index is 13.7. The Morgan fingerprint density at radius 3 is 2.62 bits per heavy atom. The lowest BCUT2D eigenvalue weighted by atomic mass is 10.0. The molecule has 2 aliphatic rings. The van der Waals surface area contributed by atoms with Crippen LogP contribution in [-0.2, 0) is 17.9 Å². The van der Waals surface area contributed by atoms with Crippen LogP contribution in [0.3, 0.4) is 0 Å². The van der Waals surface area contributed by atoms with Gasteiger partial charge in [-0.05, 0) is 37.5 Å². The van der Waals surface area contributed by atoms with E-state index in [9.17, 15) is 19.2 Å². The first-order valence-electron chi connectivity index (χ1n) is 15.0. The Morgan fingerprint density at radius 1 is 1.07 bits per heavy atom. The summed E-state index contributed by atoms with van der Waals surface area (Å²) in [7, 11) is 3.22. The number of amides is 4. The number of hydrogen-bond acceptors (Lipinski definition) is 9. The molecule has 4 heterocycles. The third-order valence-corrected chi connectivity index (χ3v) is 7.78. The van der Waals surface area contributed by atoms with Crippen molar-refractivity contribution in [2.45, 2.75) is 46.3 Å². The summed E-state index contributed by atoms with van der Waals surface area (Å²) in [5.41, 5.74) is 0.784. The largest absolute Gasteiger partial charge is 0.493 e. The van der Waals surface area contributed by atoms with Crippen LogP contribution in [0.2, 0.25) is 0 Å². The zero-order chi connectivity index (χ0) is 32.2. The summed E-state index contributed by atoms with van der Waals surface area (Å²) in [4.78, 5) is 60.4. The van der Waals surface area contributed by atoms with Gasteiger partial charge in [-0.15, -0.1) is 0 Å². The molecule has 0 aliphatic carbocycles. The summed E-state index contributed by atoms with van der Waals surface area (Å²) in [6.45, 7) is 7.30. The third-order valence-electron chi connectivity index (χ3n) is 7.78. The number of aromatic nitrogens is 5. The maximum Gasteiger partial charge on any atom is 0.274 e. The van der Waals surface area contributed by atoms with Crippen molar-refractivity contribution in [1.82, 2.24) is 45.0 Å². The molecule has 1 atom stereocenters. The molecular formula is C30H39N9O6. The Balaban J connectivity index is 1.45. The summed E-state index contributed by atoms with van der Waals surface area (Å²) in [5.74, 6) is 0.499. The van der Waals surface area contributed by atoms with Crippen molar-refractivity contribution in [2.75, 3.05) is 46.9 Å². The first-order valence-corrected chi connectivity index (χ1v) is 15.0. The SMILES string of the molecule is COc1ccc2cc1OCCn1nc(C)nc1[C@H](C(C)C)NC(=O)CN(C(=O)c1cc3n(n1)CCN(C)C3=O)CCCNC2=O. The van der Waals surface area contributed by atoms with E-state index in [1.165, 1.54) is 22.8 Å². The van der Waals surface area contributed by atoms with E-state index in [-0.39, 0.29) is 49.7 Å². The van der Waals surface area contributed by atoms with E-state index in [2.05, 4.69) is 25.8 Å². The predicted octanol–water partition coefficient (Wildman–Crippen LogP) is 1.05. The number of nitrogens with one attached hydrogen (secondary N) is 2. The summed E-state index contributed by atoms with van der Waals surface area (Å²) in [6.07, 6.45) is 0.362. The first kappa shape index (κ1) is 31.5. The molecule has 0 fully saturated rings. The number of aryl methyl sites for hydroxylation is 1. The molecule has 0 radical (unpaired) electrons. The van der Waals surface area contributed by atoms with Crippen molar-refractivity contribution in [3.05, 3.63) is 52.9 Å². The van der Waals surface area contributed by atoms with Gasteiger partial charge in [-0.25, -0.2) is 9.67 Å². The summed E-state index contributed by atoms with van der Waals surface area (Å²) in [6, 6.07) is 5.91. The second kappa shape index (κ2) is 13.4. The van der Waals surface area contributed by atoms with E-state index in [0.29, 0.717) is 60.5 Å². The van der Waals surface area contributed by atoms with Gasteiger partial charge < -0.3 is 29.9 Å². The van der Waals surface area contributed by atoms with Crippen molar-refractivity contribution >= 4 is 23.6 Å². The van der Waals surface area contributed by atoms with Crippen molar-refractivity contribution < 1.29 is 28.7 Å². The Bertz CT molecular complexity index is 1600. The second-order valence-corrected chi connectivity index (χ2v) is 11.4. The molecule has 2 N–H and O–H groups in total. The molecule has 240 valence electrons. The van der Waals surface area contributed by atoms with Crippen molar-refractivity contribution in [2.24, 2.45) is 5.92 Å². The van der Waals surface area contributed by atoms with Gasteiger partial charge in [0, 0.05) is 38.3 Å². The Labute approximate surface area is 260 Å². The van der Waals surface area contributed by atoms with Crippen LogP contribution < -0.4 is 20.1 Å². The molecule has 0 spiro atoms. The van der Waals surface area contributed by atoms with Gasteiger partial charge in [-0.1, -0.05) is 13.8 Å². The Kier molecular flexibility index (Phi) is 9.34. The number of methoxy groups -OCH3 is 1. The van der Waals surface area contributed by atoms with Crippen LogP contribution in [0.25, 0.3) is 0 Å². The van der Waals surface area contributed by atoms with Gasteiger partial charge in [-0.2, -0.15) is 10.2 Å². The first-order chi connectivity index (χ1) is 21.5.